The van der Waals surface area contributed by atoms with E-state index in [1.165, 1.54) is 10.8 Å². The number of methoxy groups -OCH3 is 1. The van der Waals surface area contributed by atoms with E-state index in [-0.39, 0.29) is 23.8 Å². The maximum atomic E-state index is 11.9. The molecule has 0 aliphatic heterocycles. The second-order valence-electron chi connectivity index (χ2n) is 4.51. The number of amidine groups is 1. The summed E-state index contributed by atoms with van der Waals surface area (Å²) in [6, 6.07) is 1.72. The number of furan rings is 1. The minimum absolute atomic E-state index is 0.108. The zero-order chi connectivity index (χ0) is 17.5. The Morgan fingerprint density at radius 2 is 2.42 bits per heavy atom. The maximum Gasteiger partial charge on any atom is 0.442 e. The first kappa shape index (κ1) is 18.1. The molecule has 3 N–H and O–H groups in total. The van der Waals surface area contributed by atoms with E-state index in [1.54, 1.807) is 13.2 Å². The van der Waals surface area contributed by atoms with Crippen LogP contribution in [0.3, 0.4) is 0 Å². The lowest BCUT2D eigenvalue weighted by molar-refractivity contribution is 0.0872. The van der Waals surface area contributed by atoms with E-state index in [0.29, 0.717) is 18.9 Å². The van der Waals surface area contributed by atoms with Crippen molar-refractivity contribution in [1.82, 2.24) is 15.2 Å². The fourth-order valence-corrected chi connectivity index (χ4v) is 2.17. The van der Waals surface area contributed by atoms with E-state index in [9.17, 15) is 4.79 Å². The van der Waals surface area contributed by atoms with Gasteiger partial charge in [-0.2, -0.15) is 10.8 Å². The Morgan fingerprint density at radius 1 is 1.62 bits per heavy atom. The van der Waals surface area contributed by atoms with Crippen LogP contribution in [0.25, 0.3) is 5.57 Å². The predicted octanol–water partition coefficient (Wildman–Crippen LogP) is 0.693. The van der Waals surface area contributed by atoms with Crippen molar-refractivity contribution in [3.63, 3.8) is 0 Å². The van der Waals surface area contributed by atoms with Gasteiger partial charge in [0.05, 0.1) is 29.7 Å². The van der Waals surface area contributed by atoms with E-state index >= 15 is 0 Å². The molecule has 10 nitrogen and oxygen atoms in total. The molecule has 130 valence electrons. The lowest BCUT2D eigenvalue weighted by Gasteiger charge is -2.10. The third kappa shape index (κ3) is 4.41. The molecule has 0 radical (unpaired) electrons. The van der Waals surface area contributed by atoms with E-state index in [0.717, 1.165) is 4.47 Å². The van der Waals surface area contributed by atoms with Gasteiger partial charge >= 0.3 is 5.76 Å². The molecule has 2 aromatic heterocycles. The van der Waals surface area contributed by atoms with Gasteiger partial charge in [0.25, 0.3) is 0 Å². The van der Waals surface area contributed by atoms with Crippen molar-refractivity contribution in [2.45, 2.75) is 6.54 Å². The van der Waals surface area contributed by atoms with Crippen molar-refractivity contribution in [2.75, 3.05) is 20.3 Å². The summed E-state index contributed by atoms with van der Waals surface area (Å²) in [7, 11) is 1.55. The minimum Gasteiger partial charge on any atom is -0.466 e. The number of nitrogens with two attached hydrogens (primary N) is 1. The number of hydrogen-bond acceptors (Lipinski definition) is 8. The molecular formula is C13H16BrN5O5. The summed E-state index contributed by atoms with van der Waals surface area (Å²) in [5.41, 5.74) is 2.65. The van der Waals surface area contributed by atoms with Crippen molar-refractivity contribution in [2.24, 2.45) is 10.9 Å². The van der Waals surface area contributed by atoms with Gasteiger partial charge in [-0.05, 0) is 22.0 Å². The molecule has 0 aliphatic rings. The Bertz CT molecular complexity index is 778. The second-order valence-corrected chi connectivity index (χ2v) is 5.43. The van der Waals surface area contributed by atoms with Gasteiger partial charge in [-0.15, -0.1) is 0 Å². The van der Waals surface area contributed by atoms with Crippen LogP contribution in [-0.4, -0.2) is 35.8 Å². The number of rotatable bonds is 8. The summed E-state index contributed by atoms with van der Waals surface area (Å²) in [6.07, 6.45) is 1.50. The topological polar surface area (TPSA) is 130 Å². The molecule has 11 heteroatoms. The molecule has 0 saturated carbocycles. The Hall–Kier alpha value is -2.21. The largest absolute Gasteiger partial charge is 0.466 e. The molecule has 24 heavy (non-hydrogen) atoms. The van der Waals surface area contributed by atoms with Crippen LogP contribution in [0.1, 0.15) is 11.6 Å². The number of hydroxylamine groups is 1. The molecule has 0 bridgehead atoms. The zero-order valence-electron chi connectivity index (χ0n) is 12.8. The first-order valence-corrected chi connectivity index (χ1v) is 7.50. The van der Waals surface area contributed by atoms with Crippen LogP contribution in [0.15, 0.2) is 42.1 Å². The highest BCUT2D eigenvalue weighted by Crippen LogP contribution is 2.17. The van der Waals surface area contributed by atoms with Gasteiger partial charge in [-0.3, -0.25) is 9.52 Å². The summed E-state index contributed by atoms with van der Waals surface area (Å²) >= 11 is 3.27. The number of hydrogen-bond donors (Lipinski definition) is 2. The fourth-order valence-electron chi connectivity index (χ4n) is 1.82. The Kier molecular flexibility index (Phi) is 6.49. The monoisotopic (exact) mass is 401 g/mol. The molecule has 0 unspecified atom stereocenters. The summed E-state index contributed by atoms with van der Waals surface area (Å²) in [6.45, 7) is 4.67. The van der Waals surface area contributed by atoms with Gasteiger partial charge in [0.2, 0.25) is 0 Å². The zero-order valence-corrected chi connectivity index (χ0v) is 14.4. The van der Waals surface area contributed by atoms with E-state index in [1.807, 2.05) is 0 Å². The molecule has 0 aliphatic carbocycles. The molecule has 2 heterocycles. The van der Waals surface area contributed by atoms with Crippen LogP contribution in [0.5, 0.6) is 0 Å². The Labute approximate surface area is 144 Å². The smallest absolute Gasteiger partial charge is 0.442 e. The maximum absolute atomic E-state index is 11.9. The molecular weight excluding hydrogens is 386 g/mol. The summed E-state index contributed by atoms with van der Waals surface area (Å²) in [5, 5.41) is 3.72. The Balaban J connectivity index is 2.28. The van der Waals surface area contributed by atoms with E-state index in [2.05, 4.69) is 43.1 Å². The van der Waals surface area contributed by atoms with Gasteiger partial charge < -0.3 is 9.15 Å². The number of nitrogens with zero attached hydrogens (tertiary/aromatic N) is 3. The van der Waals surface area contributed by atoms with Crippen molar-refractivity contribution in [1.29, 1.82) is 0 Å². The molecule has 0 spiro atoms. The van der Waals surface area contributed by atoms with E-state index in [4.69, 9.17) is 19.6 Å². The number of nitrogens with one attached hydrogen (secondary N) is 1. The number of halogens is 1. The highest BCUT2D eigenvalue weighted by molar-refractivity contribution is 9.10. The average molecular weight is 402 g/mol. The first-order valence-electron chi connectivity index (χ1n) is 6.71. The van der Waals surface area contributed by atoms with Gasteiger partial charge in [-0.1, -0.05) is 11.7 Å². The minimum atomic E-state index is -0.663. The van der Waals surface area contributed by atoms with Crippen LogP contribution >= 0.6 is 15.9 Å². The standard InChI is InChI=1S/C13H16BrN5O5/c1-8(11(17-24-15)16-3-4-21-2)12-18-23-13(20)19(12)6-10-5-9(14)7-22-10/h5,7H,1,3-4,6,15H2,2H3,(H,16,17). The van der Waals surface area contributed by atoms with Crippen LogP contribution in [0.4, 0.5) is 0 Å². The third-order valence-electron chi connectivity index (χ3n) is 2.90. The third-order valence-corrected chi connectivity index (χ3v) is 3.31. The van der Waals surface area contributed by atoms with Crippen molar-refractivity contribution in [3.05, 3.63) is 45.5 Å². The number of aliphatic imine (C=N–C) groups is 1. The van der Waals surface area contributed by atoms with Gasteiger partial charge in [-0.25, -0.2) is 14.8 Å². The Morgan fingerprint density at radius 3 is 3.04 bits per heavy atom. The van der Waals surface area contributed by atoms with Crippen molar-refractivity contribution < 1.29 is 18.6 Å². The first-order chi connectivity index (χ1) is 11.6. The quantitative estimate of drug-likeness (QED) is 0.286. The number of aromatic nitrogens is 2. The lowest BCUT2D eigenvalue weighted by atomic mass is 10.2. The predicted molar refractivity (Wildman–Crippen MR) is 87.9 cm³/mol. The highest BCUT2D eigenvalue weighted by Gasteiger charge is 2.19. The molecule has 2 rings (SSSR count). The van der Waals surface area contributed by atoms with Gasteiger partial charge in [0.15, 0.2) is 11.7 Å². The summed E-state index contributed by atoms with van der Waals surface area (Å²) in [5.74, 6) is 5.24. The molecule has 0 atom stereocenters. The molecule has 0 fully saturated rings. The normalized spacial score (nSPS) is 11.7. The second kappa shape index (κ2) is 8.59. The fraction of sp³-hybridized carbons (Fsp3) is 0.308. The molecule has 0 amide bonds. The lowest BCUT2D eigenvalue weighted by Crippen LogP contribution is -2.30. The van der Waals surface area contributed by atoms with Crippen molar-refractivity contribution in [3.8, 4) is 0 Å². The average Bonchev–Trinajstić information content (AvgIpc) is 3.13. The van der Waals surface area contributed by atoms with Gasteiger partial charge in [0, 0.05) is 7.11 Å². The molecule has 0 aromatic carbocycles. The highest BCUT2D eigenvalue weighted by atomic mass is 79.9. The van der Waals surface area contributed by atoms with Crippen LogP contribution < -0.4 is 17.1 Å². The summed E-state index contributed by atoms with van der Waals surface area (Å²) in [4.78, 5) is 20.5. The SMILES string of the molecule is C=C(C(=NCCOC)NON)c1noc(=O)n1Cc1cc(Br)co1. The van der Waals surface area contributed by atoms with E-state index < -0.39 is 5.76 Å². The van der Waals surface area contributed by atoms with Crippen LogP contribution in [0.2, 0.25) is 0 Å². The van der Waals surface area contributed by atoms with Crippen molar-refractivity contribution >= 4 is 27.3 Å². The molecule has 2 aromatic rings. The van der Waals surface area contributed by atoms with Gasteiger partial charge in [0.1, 0.15) is 12.0 Å². The van der Waals surface area contributed by atoms with Crippen LogP contribution in [-0.2, 0) is 16.2 Å². The van der Waals surface area contributed by atoms with Crippen LogP contribution in [0, 0.1) is 0 Å². The summed E-state index contributed by atoms with van der Waals surface area (Å²) < 4.78 is 16.9. The number of ether oxygens (including phenoxy) is 1. The molecule has 0 saturated heterocycles.